The predicted octanol–water partition coefficient (Wildman–Crippen LogP) is 4.55. The van der Waals surface area contributed by atoms with Crippen LogP contribution in [0.1, 0.15) is 42.9 Å². The van der Waals surface area contributed by atoms with Gasteiger partial charge in [0.05, 0.1) is 25.8 Å². The first-order valence-electron chi connectivity index (χ1n) is 11.1. The minimum Gasteiger partial charge on any atom is -0.507 e. The predicted molar refractivity (Wildman–Crippen MR) is 124 cm³/mol. The van der Waals surface area contributed by atoms with Crippen LogP contribution in [0.3, 0.4) is 0 Å². The van der Waals surface area contributed by atoms with Gasteiger partial charge in [-0.25, -0.2) is 0 Å². The minimum absolute atomic E-state index is 0.0317. The van der Waals surface area contributed by atoms with Gasteiger partial charge in [-0.15, -0.1) is 0 Å². The zero-order valence-corrected chi connectivity index (χ0v) is 18.6. The van der Waals surface area contributed by atoms with Crippen LogP contribution in [0, 0.1) is 0 Å². The van der Waals surface area contributed by atoms with E-state index < -0.39 is 17.7 Å². The maximum Gasteiger partial charge on any atom is 0.295 e. The van der Waals surface area contributed by atoms with Gasteiger partial charge in [-0.2, -0.15) is 0 Å². The molecule has 2 aliphatic rings. The van der Waals surface area contributed by atoms with Crippen LogP contribution in [0.5, 0.6) is 11.5 Å². The van der Waals surface area contributed by atoms with Crippen molar-refractivity contribution in [1.29, 1.82) is 0 Å². The van der Waals surface area contributed by atoms with Crippen LogP contribution in [0.2, 0.25) is 0 Å². The van der Waals surface area contributed by atoms with E-state index in [1.54, 1.807) is 23.1 Å². The number of benzene rings is 2. The molecule has 1 aliphatic heterocycles. The van der Waals surface area contributed by atoms with Crippen LogP contribution in [0.4, 0.5) is 0 Å². The second-order valence-electron chi connectivity index (χ2n) is 8.50. The fourth-order valence-corrected chi connectivity index (χ4v) is 5.17. The lowest BCUT2D eigenvalue weighted by atomic mass is 9.94. The maximum atomic E-state index is 13.3. The smallest absolute Gasteiger partial charge is 0.295 e. The van der Waals surface area contributed by atoms with E-state index in [1.165, 1.54) is 14.2 Å². The van der Waals surface area contributed by atoms with Gasteiger partial charge in [-0.1, -0.05) is 31.0 Å². The molecule has 1 atom stereocenters. The van der Waals surface area contributed by atoms with Crippen molar-refractivity contribution in [3.05, 3.63) is 65.4 Å². The summed E-state index contributed by atoms with van der Waals surface area (Å²) < 4.78 is 10.7. The molecule has 0 bridgehead atoms. The number of carbonyl (C=O) groups excluding carboxylic acids is 2. The summed E-state index contributed by atoms with van der Waals surface area (Å²) in [5.41, 5.74) is 2.21. The Hall–Kier alpha value is -3.74. The number of rotatable bonds is 5. The summed E-state index contributed by atoms with van der Waals surface area (Å²) in [5.74, 6) is -0.502. The summed E-state index contributed by atoms with van der Waals surface area (Å²) in [6.45, 7) is 0. The van der Waals surface area contributed by atoms with E-state index >= 15 is 0 Å². The fraction of sp³-hybridized carbons (Fsp3) is 0.308. The number of aromatic nitrogens is 1. The number of hydrogen-bond acceptors (Lipinski definition) is 5. The monoisotopic (exact) mass is 446 g/mol. The van der Waals surface area contributed by atoms with Crippen LogP contribution < -0.4 is 9.47 Å². The van der Waals surface area contributed by atoms with Crippen molar-refractivity contribution >= 4 is 28.4 Å². The Bertz CT molecular complexity index is 1270. The quantitative estimate of drug-likeness (QED) is 0.341. The molecule has 0 spiro atoms. The molecule has 1 aliphatic carbocycles. The molecule has 1 unspecified atom stereocenters. The summed E-state index contributed by atoms with van der Waals surface area (Å²) in [7, 11) is 3.04. The third-order valence-electron chi connectivity index (χ3n) is 6.77. The Balaban J connectivity index is 1.72. The SMILES string of the molecule is COc1ccc(/C(O)=C2\C(=O)C(=O)N(C3CCCC3)C2c2c[nH]c3ccccc23)cc1OC. The number of aromatic amines is 1. The number of ether oxygens (including phenoxy) is 2. The molecule has 2 N–H and O–H groups in total. The Morgan fingerprint density at radius 1 is 1.03 bits per heavy atom. The van der Waals surface area contributed by atoms with Crippen LogP contribution in [0.15, 0.2) is 54.2 Å². The van der Waals surface area contributed by atoms with E-state index in [1.807, 2.05) is 30.5 Å². The third-order valence-corrected chi connectivity index (χ3v) is 6.77. The van der Waals surface area contributed by atoms with Crippen LogP contribution in [0.25, 0.3) is 16.7 Å². The molecule has 3 aromatic rings. The summed E-state index contributed by atoms with van der Waals surface area (Å²) in [6, 6.07) is 12.0. The number of para-hydroxylation sites is 1. The van der Waals surface area contributed by atoms with E-state index in [-0.39, 0.29) is 17.4 Å². The standard InChI is InChI=1S/C26H26N2O5/c1-32-20-12-11-15(13-21(20)33-2)24(29)22-23(18-14-27-19-10-6-5-9-17(18)19)28(26(31)25(22)30)16-7-3-4-8-16/h5-6,9-14,16,23,27,29H,3-4,7-8H2,1-2H3/b24-22+. The molecule has 2 aromatic carbocycles. The zero-order chi connectivity index (χ0) is 23.1. The Kier molecular flexibility index (Phi) is 5.32. The van der Waals surface area contributed by atoms with Gasteiger partial charge < -0.3 is 24.5 Å². The van der Waals surface area contributed by atoms with Crippen LogP contribution in [-0.4, -0.2) is 46.9 Å². The highest BCUT2D eigenvalue weighted by Crippen LogP contribution is 2.45. The number of methoxy groups -OCH3 is 2. The number of amides is 1. The molecule has 1 saturated carbocycles. The molecule has 2 fully saturated rings. The highest BCUT2D eigenvalue weighted by Gasteiger charge is 2.49. The summed E-state index contributed by atoms with van der Waals surface area (Å²) in [4.78, 5) is 31.6. The fourth-order valence-electron chi connectivity index (χ4n) is 5.17. The molecule has 1 amide bonds. The van der Waals surface area contributed by atoms with Gasteiger partial charge in [0.2, 0.25) is 0 Å². The minimum atomic E-state index is -0.669. The number of hydrogen-bond donors (Lipinski definition) is 2. The number of aliphatic hydroxyl groups is 1. The van der Waals surface area contributed by atoms with Gasteiger partial charge >= 0.3 is 0 Å². The zero-order valence-electron chi connectivity index (χ0n) is 18.6. The molecule has 7 heteroatoms. The van der Waals surface area contributed by atoms with Crippen molar-refractivity contribution in [2.24, 2.45) is 0 Å². The first kappa shape index (κ1) is 21.1. The number of ketones is 1. The van der Waals surface area contributed by atoms with Gasteiger partial charge in [0.25, 0.3) is 11.7 Å². The van der Waals surface area contributed by atoms with E-state index in [2.05, 4.69) is 4.98 Å². The molecular formula is C26H26N2O5. The van der Waals surface area contributed by atoms with Gasteiger partial charge in [-0.3, -0.25) is 9.59 Å². The van der Waals surface area contributed by atoms with Gasteiger partial charge in [-0.05, 0) is 37.1 Å². The second kappa shape index (κ2) is 8.31. The number of nitrogens with zero attached hydrogens (tertiary/aromatic N) is 1. The van der Waals surface area contributed by atoms with Crippen molar-refractivity contribution < 1.29 is 24.2 Å². The molecular weight excluding hydrogens is 420 g/mol. The Morgan fingerprint density at radius 3 is 2.48 bits per heavy atom. The molecule has 1 aromatic heterocycles. The number of aliphatic hydroxyl groups excluding tert-OH is 1. The van der Waals surface area contributed by atoms with Gasteiger partial charge in [0, 0.05) is 34.3 Å². The average Bonchev–Trinajstić information content (AvgIpc) is 3.57. The number of H-pyrrole nitrogens is 1. The lowest BCUT2D eigenvalue weighted by Crippen LogP contribution is -2.37. The number of Topliss-reactive ketones (excluding diaryl/α,β-unsaturated/α-hetero) is 1. The lowest BCUT2D eigenvalue weighted by molar-refractivity contribution is -0.141. The first-order chi connectivity index (χ1) is 16.0. The summed E-state index contributed by atoms with van der Waals surface area (Å²) in [6.07, 6.45) is 5.57. The molecule has 0 radical (unpaired) electrons. The van der Waals surface area contributed by atoms with Gasteiger partial charge in [0.1, 0.15) is 5.76 Å². The highest BCUT2D eigenvalue weighted by atomic mass is 16.5. The maximum absolute atomic E-state index is 13.3. The number of fused-ring (bicyclic) bond motifs is 1. The normalized spacial score (nSPS) is 20.7. The van der Waals surface area contributed by atoms with Crippen molar-refractivity contribution in [2.75, 3.05) is 14.2 Å². The van der Waals surface area contributed by atoms with E-state index in [9.17, 15) is 14.7 Å². The second-order valence-corrected chi connectivity index (χ2v) is 8.50. The van der Waals surface area contributed by atoms with Gasteiger partial charge in [0.15, 0.2) is 11.5 Å². The van der Waals surface area contributed by atoms with Crippen LogP contribution in [-0.2, 0) is 9.59 Å². The summed E-state index contributed by atoms with van der Waals surface area (Å²) >= 11 is 0. The molecule has 33 heavy (non-hydrogen) atoms. The summed E-state index contributed by atoms with van der Waals surface area (Å²) in [5, 5.41) is 12.3. The first-order valence-corrected chi connectivity index (χ1v) is 11.1. The highest BCUT2D eigenvalue weighted by molar-refractivity contribution is 6.46. The number of likely N-dealkylation sites (tertiary alicyclic amines) is 1. The van der Waals surface area contributed by atoms with Crippen molar-refractivity contribution in [2.45, 2.75) is 37.8 Å². The largest absolute Gasteiger partial charge is 0.507 e. The lowest BCUT2D eigenvalue weighted by Gasteiger charge is -2.30. The Morgan fingerprint density at radius 2 is 1.76 bits per heavy atom. The van der Waals surface area contributed by atoms with E-state index in [0.717, 1.165) is 42.1 Å². The molecule has 170 valence electrons. The number of nitrogens with one attached hydrogen (secondary N) is 1. The molecule has 2 heterocycles. The topological polar surface area (TPSA) is 91.9 Å². The van der Waals surface area contributed by atoms with E-state index in [4.69, 9.17) is 9.47 Å². The van der Waals surface area contributed by atoms with Crippen molar-refractivity contribution in [3.63, 3.8) is 0 Å². The molecule has 7 nitrogen and oxygen atoms in total. The third kappa shape index (κ3) is 3.35. The number of carbonyl (C=O) groups is 2. The molecule has 1 saturated heterocycles. The van der Waals surface area contributed by atoms with E-state index in [0.29, 0.717) is 17.1 Å². The molecule has 5 rings (SSSR count). The average molecular weight is 447 g/mol. The van der Waals surface area contributed by atoms with Crippen molar-refractivity contribution in [3.8, 4) is 11.5 Å². The van der Waals surface area contributed by atoms with Crippen molar-refractivity contribution in [1.82, 2.24) is 9.88 Å². The Labute approximate surface area is 191 Å². The van der Waals surface area contributed by atoms with Crippen LogP contribution >= 0.6 is 0 Å².